The molecule has 1 aliphatic rings. The van der Waals surface area contributed by atoms with Gasteiger partial charge in [0.05, 0.1) is 5.69 Å². The van der Waals surface area contributed by atoms with Crippen LogP contribution in [-0.4, -0.2) is 10.2 Å². The molecule has 2 heterocycles. The van der Waals surface area contributed by atoms with E-state index < -0.39 is 0 Å². The van der Waals surface area contributed by atoms with Gasteiger partial charge in [0, 0.05) is 6.07 Å². The van der Waals surface area contributed by atoms with E-state index in [1.165, 1.54) is 0 Å². The molecule has 1 aliphatic heterocycles. The van der Waals surface area contributed by atoms with Crippen molar-refractivity contribution in [2.75, 3.05) is 0 Å². The minimum absolute atomic E-state index is 0.0995. The molecule has 0 fully saturated rings. The summed E-state index contributed by atoms with van der Waals surface area (Å²) in [5.41, 5.74) is 4.65. The number of nitrogens with one attached hydrogen (secondary N) is 1. The van der Waals surface area contributed by atoms with E-state index in [2.05, 4.69) is 31.6 Å². The van der Waals surface area contributed by atoms with Crippen LogP contribution in [0.15, 0.2) is 47.1 Å². The number of hydrogen-bond acceptors (Lipinski definition) is 5. The molecule has 6 heteroatoms. The van der Waals surface area contributed by atoms with Crippen molar-refractivity contribution >= 4 is 15.9 Å². The van der Waals surface area contributed by atoms with Gasteiger partial charge >= 0.3 is 0 Å². The van der Waals surface area contributed by atoms with Crippen molar-refractivity contribution in [3.8, 4) is 11.6 Å². The van der Waals surface area contributed by atoms with Gasteiger partial charge in [-0.1, -0.05) is 12.1 Å². The Hall–Kier alpha value is -1.92. The maximum atomic E-state index is 5.62. The fraction of sp³-hybridized carbons (Fsp3) is 0.143. The Morgan fingerprint density at radius 2 is 1.95 bits per heavy atom. The first kappa shape index (κ1) is 13.1. The Labute approximate surface area is 124 Å². The van der Waals surface area contributed by atoms with Gasteiger partial charge in [-0.3, -0.25) is 10.3 Å². The third-order valence-electron chi connectivity index (χ3n) is 2.79. The van der Waals surface area contributed by atoms with Gasteiger partial charge < -0.3 is 4.74 Å². The molecule has 1 aromatic heterocycles. The smallest absolute Gasteiger partial charge is 0.238 e. The van der Waals surface area contributed by atoms with Gasteiger partial charge in [0.2, 0.25) is 5.88 Å². The number of benzene rings is 1. The zero-order valence-corrected chi connectivity index (χ0v) is 12.3. The SMILES string of the molecule is Cc1ccc(Oc2ccc(C3C=C(Br)NO3)cc2)nn1. The molecule has 102 valence electrons. The van der Waals surface area contributed by atoms with Crippen molar-refractivity contribution in [2.24, 2.45) is 0 Å². The topological polar surface area (TPSA) is 56.3 Å². The van der Waals surface area contributed by atoms with E-state index in [0.29, 0.717) is 11.6 Å². The molecule has 2 aromatic rings. The Morgan fingerprint density at radius 3 is 2.55 bits per heavy atom. The Balaban J connectivity index is 1.71. The van der Waals surface area contributed by atoms with Crippen molar-refractivity contribution in [2.45, 2.75) is 13.0 Å². The van der Waals surface area contributed by atoms with Crippen LogP contribution in [0.2, 0.25) is 0 Å². The standard InChI is InChI=1S/C14H12BrN3O2/c1-9-2-7-14(17-16-9)19-11-5-3-10(4-6-11)12-8-13(15)18-20-12/h2-8,12,18H,1H3. The molecule has 0 saturated carbocycles. The van der Waals surface area contributed by atoms with Crippen LogP contribution in [-0.2, 0) is 4.84 Å². The Bertz CT molecular complexity index is 626. The molecule has 0 bridgehead atoms. The predicted molar refractivity (Wildman–Crippen MR) is 77.3 cm³/mol. The average molecular weight is 334 g/mol. The molecule has 0 radical (unpaired) electrons. The molecule has 1 unspecified atom stereocenters. The molecule has 0 aliphatic carbocycles. The summed E-state index contributed by atoms with van der Waals surface area (Å²) in [6.45, 7) is 1.88. The highest BCUT2D eigenvalue weighted by molar-refractivity contribution is 9.11. The lowest BCUT2D eigenvalue weighted by Gasteiger charge is -2.09. The predicted octanol–water partition coefficient (Wildman–Crippen LogP) is 3.39. The lowest BCUT2D eigenvalue weighted by atomic mass is 10.1. The maximum Gasteiger partial charge on any atom is 0.238 e. The third kappa shape index (κ3) is 2.97. The van der Waals surface area contributed by atoms with E-state index in [9.17, 15) is 0 Å². The van der Waals surface area contributed by atoms with E-state index in [4.69, 9.17) is 9.57 Å². The second-order valence-corrected chi connectivity index (χ2v) is 5.19. The van der Waals surface area contributed by atoms with Gasteiger partial charge in [0.15, 0.2) is 0 Å². The largest absolute Gasteiger partial charge is 0.438 e. The van der Waals surface area contributed by atoms with E-state index >= 15 is 0 Å². The second-order valence-electron chi connectivity index (χ2n) is 4.34. The van der Waals surface area contributed by atoms with Crippen molar-refractivity contribution in [3.05, 3.63) is 58.3 Å². The molecule has 0 saturated heterocycles. The second kappa shape index (κ2) is 5.60. The van der Waals surface area contributed by atoms with E-state index in [1.807, 2.05) is 43.3 Å². The van der Waals surface area contributed by atoms with Gasteiger partial charge in [-0.15, -0.1) is 5.10 Å². The summed E-state index contributed by atoms with van der Waals surface area (Å²) in [4.78, 5) is 5.37. The molecule has 1 atom stereocenters. The maximum absolute atomic E-state index is 5.62. The Morgan fingerprint density at radius 1 is 1.15 bits per heavy atom. The summed E-state index contributed by atoms with van der Waals surface area (Å²) >= 11 is 3.33. The number of rotatable bonds is 3. The third-order valence-corrected chi connectivity index (χ3v) is 3.21. The molecule has 1 N–H and O–H groups in total. The Kier molecular flexibility index (Phi) is 3.66. The zero-order valence-electron chi connectivity index (χ0n) is 10.7. The molecular formula is C14H12BrN3O2. The number of nitrogens with zero attached hydrogens (tertiary/aromatic N) is 2. The van der Waals surface area contributed by atoms with Crippen molar-refractivity contribution in [1.29, 1.82) is 0 Å². The number of ether oxygens (including phenoxy) is 1. The molecule has 20 heavy (non-hydrogen) atoms. The fourth-order valence-corrected chi connectivity index (χ4v) is 2.11. The summed E-state index contributed by atoms with van der Waals surface area (Å²) in [6.07, 6.45) is 1.85. The monoisotopic (exact) mass is 333 g/mol. The molecule has 0 amide bonds. The van der Waals surface area contributed by atoms with Crippen LogP contribution in [0.1, 0.15) is 17.4 Å². The van der Waals surface area contributed by atoms with Gasteiger partial charge in [-0.05, 0) is 52.7 Å². The van der Waals surface area contributed by atoms with Crippen molar-refractivity contribution in [3.63, 3.8) is 0 Å². The van der Waals surface area contributed by atoms with Crippen LogP contribution in [0.4, 0.5) is 0 Å². The van der Waals surface area contributed by atoms with E-state index in [-0.39, 0.29) is 6.10 Å². The van der Waals surface area contributed by atoms with Crippen molar-refractivity contribution in [1.82, 2.24) is 15.7 Å². The van der Waals surface area contributed by atoms with E-state index in [1.54, 1.807) is 6.07 Å². The molecular weight excluding hydrogens is 322 g/mol. The number of halogens is 1. The minimum atomic E-state index is -0.0995. The van der Waals surface area contributed by atoms with Crippen LogP contribution in [0.3, 0.4) is 0 Å². The summed E-state index contributed by atoms with van der Waals surface area (Å²) in [5, 5.41) is 7.91. The van der Waals surface area contributed by atoms with Crippen molar-refractivity contribution < 1.29 is 9.57 Å². The number of hydrogen-bond donors (Lipinski definition) is 1. The fourth-order valence-electron chi connectivity index (χ4n) is 1.77. The number of aromatic nitrogens is 2. The van der Waals surface area contributed by atoms with E-state index in [0.717, 1.165) is 15.9 Å². The molecule has 0 spiro atoms. The first-order valence-corrected chi connectivity index (χ1v) is 6.87. The molecule has 1 aromatic carbocycles. The van der Waals surface area contributed by atoms with Gasteiger partial charge in [-0.25, -0.2) is 0 Å². The number of aryl methyl sites for hydroxylation is 1. The lowest BCUT2D eigenvalue weighted by molar-refractivity contribution is 0.0458. The lowest BCUT2D eigenvalue weighted by Crippen LogP contribution is -2.05. The van der Waals surface area contributed by atoms with Gasteiger partial charge in [-0.2, -0.15) is 5.10 Å². The molecule has 5 nitrogen and oxygen atoms in total. The van der Waals surface area contributed by atoms with Gasteiger partial charge in [0.25, 0.3) is 0 Å². The normalized spacial score (nSPS) is 17.5. The summed E-state index contributed by atoms with van der Waals surface area (Å²) < 4.78 is 6.45. The van der Waals surface area contributed by atoms with Crippen LogP contribution in [0, 0.1) is 6.92 Å². The van der Waals surface area contributed by atoms with Crippen LogP contribution in [0.5, 0.6) is 11.6 Å². The number of hydroxylamine groups is 1. The highest BCUT2D eigenvalue weighted by atomic mass is 79.9. The highest BCUT2D eigenvalue weighted by Gasteiger charge is 2.16. The van der Waals surface area contributed by atoms with Crippen LogP contribution in [0.25, 0.3) is 0 Å². The molecule has 3 rings (SSSR count). The minimum Gasteiger partial charge on any atom is -0.438 e. The van der Waals surface area contributed by atoms with Gasteiger partial charge in [0.1, 0.15) is 16.5 Å². The highest BCUT2D eigenvalue weighted by Crippen LogP contribution is 2.28. The first-order valence-electron chi connectivity index (χ1n) is 6.08. The van der Waals surface area contributed by atoms with Crippen LogP contribution < -0.4 is 10.2 Å². The zero-order chi connectivity index (χ0) is 13.9. The van der Waals surface area contributed by atoms with Crippen LogP contribution >= 0.6 is 15.9 Å². The summed E-state index contributed by atoms with van der Waals surface area (Å²) in [5.74, 6) is 1.19. The summed E-state index contributed by atoms with van der Waals surface area (Å²) in [6, 6.07) is 11.3. The quantitative estimate of drug-likeness (QED) is 0.872. The summed E-state index contributed by atoms with van der Waals surface area (Å²) in [7, 11) is 0. The first-order chi connectivity index (χ1) is 9.70. The average Bonchev–Trinajstić information content (AvgIpc) is 2.89.